The van der Waals surface area contributed by atoms with Gasteiger partial charge in [0, 0.05) is 18.5 Å². The van der Waals surface area contributed by atoms with E-state index in [1.807, 2.05) is 13.1 Å². The highest BCUT2D eigenvalue weighted by atomic mass is 16.5. The molecule has 0 atom stereocenters. The smallest absolute Gasteiger partial charge is 0.129 e. The third kappa shape index (κ3) is 1.96. The molecule has 4 nitrogen and oxygen atoms in total. The Hall–Kier alpha value is -1.97. The van der Waals surface area contributed by atoms with Crippen LogP contribution < -0.4 is 10.5 Å². The van der Waals surface area contributed by atoms with Crippen molar-refractivity contribution in [3.63, 3.8) is 0 Å². The maximum atomic E-state index is 6.27. The summed E-state index contributed by atoms with van der Waals surface area (Å²) in [7, 11) is 3.60. The largest absolute Gasteiger partial charge is 0.496 e. The number of benzene rings is 1. The van der Waals surface area contributed by atoms with Crippen molar-refractivity contribution in [1.82, 2.24) is 9.78 Å². The summed E-state index contributed by atoms with van der Waals surface area (Å²) in [6, 6.07) is 6.19. The van der Waals surface area contributed by atoms with E-state index in [9.17, 15) is 0 Å². The predicted molar refractivity (Wildman–Crippen MR) is 80.9 cm³/mol. The summed E-state index contributed by atoms with van der Waals surface area (Å²) in [5.41, 5.74) is 10.7. The van der Waals surface area contributed by atoms with Gasteiger partial charge in [0.2, 0.25) is 0 Å². The van der Waals surface area contributed by atoms with Crippen LogP contribution in [-0.2, 0) is 7.05 Å². The van der Waals surface area contributed by atoms with E-state index in [1.54, 1.807) is 11.8 Å². The second-order valence-electron chi connectivity index (χ2n) is 5.60. The topological polar surface area (TPSA) is 53.1 Å². The van der Waals surface area contributed by atoms with Crippen LogP contribution in [0.4, 0.5) is 5.82 Å². The molecule has 3 rings (SSSR count). The Morgan fingerprint density at radius 2 is 2.10 bits per heavy atom. The summed E-state index contributed by atoms with van der Waals surface area (Å²) < 4.78 is 7.30. The Morgan fingerprint density at radius 1 is 1.35 bits per heavy atom. The zero-order valence-electron chi connectivity index (χ0n) is 12.3. The van der Waals surface area contributed by atoms with Crippen LogP contribution >= 0.6 is 0 Å². The number of hydrogen-bond acceptors (Lipinski definition) is 3. The van der Waals surface area contributed by atoms with E-state index in [1.165, 1.54) is 24.8 Å². The summed E-state index contributed by atoms with van der Waals surface area (Å²) >= 11 is 0. The summed E-state index contributed by atoms with van der Waals surface area (Å²) in [5.74, 6) is 2.12. The summed E-state index contributed by atoms with van der Waals surface area (Å²) in [4.78, 5) is 0. The average molecular weight is 271 g/mol. The predicted octanol–water partition coefficient (Wildman–Crippen LogP) is 3.25. The van der Waals surface area contributed by atoms with E-state index < -0.39 is 0 Å². The Labute approximate surface area is 119 Å². The second-order valence-corrected chi connectivity index (χ2v) is 5.60. The third-order valence-electron chi connectivity index (χ3n) is 4.23. The minimum atomic E-state index is 0.540. The molecule has 0 amide bonds. The van der Waals surface area contributed by atoms with Crippen LogP contribution in [0.3, 0.4) is 0 Å². The van der Waals surface area contributed by atoms with E-state index in [-0.39, 0.29) is 0 Å². The third-order valence-corrected chi connectivity index (χ3v) is 4.23. The highest BCUT2D eigenvalue weighted by molar-refractivity contribution is 5.82. The number of ether oxygens (including phenoxy) is 1. The standard InChI is InChI=1S/C16H21N3O/c1-10-7-8-13(20-3)12(9-10)14-15(11-5-4-6-11)18-19(2)16(14)17/h7-9,11H,4-6,17H2,1-3H3. The van der Waals surface area contributed by atoms with E-state index in [2.05, 4.69) is 24.2 Å². The number of aryl methyl sites for hydroxylation is 2. The molecule has 1 aliphatic rings. The number of aromatic nitrogens is 2. The number of anilines is 1. The molecule has 4 heteroatoms. The van der Waals surface area contributed by atoms with Crippen LogP contribution in [0.2, 0.25) is 0 Å². The first kappa shape index (κ1) is 13.0. The molecule has 0 aliphatic heterocycles. The Balaban J connectivity index is 2.20. The number of methoxy groups -OCH3 is 1. The lowest BCUT2D eigenvalue weighted by Gasteiger charge is -2.25. The molecule has 0 saturated heterocycles. The maximum Gasteiger partial charge on any atom is 0.129 e. The SMILES string of the molecule is COc1ccc(C)cc1-c1c(C2CCC2)nn(C)c1N. The van der Waals surface area contributed by atoms with Crippen molar-refractivity contribution in [2.75, 3.05) is 12.8 Å². The van der Waals surface area contributed by atoms with Crippen molar-refractivity contribution in [3.05, 3.63) is 29.5 Å². The van der Waals surface area contributed by atoms with Gasteiger partial charge in [0.15, 0.2) is 0 Å². The second kappa shape index (κ2) is 4.85. The van der Waals surface area contributed by atoms with Crippen molar-refractivity contribution >= 4 is 5.82 Å². The number of hydrogen-bond donors (Lipinski definition) is 1. The first-order valence-electron chi connectivity index (χ1n) is 7.09. The summed E-state index contributed by atoms with van der Waals surface area (Å²) in [6.07, 6.45) is 3.70. The van der Waals surface area contributed by atoms with E-state index in [0.29, 0.717) is 5.92 Å². The molecule has 2 N–H and O–H groups in total. The van der Waals surface area contributed by atoms with Gasteiger partial charge in [0.05, 0.1) is 18.4 Å². The van der Waals surface area contributed by atoms with Gasteiger partial charge in [-0.15, -0.1) is 0 Å². The van der Waals surface area contributed by atoms with E-state index in [4.69, 9.17) is 10.5 Å². The number of nitrogen functional groups attached to an aromatic ring is 1. The lowest BCUT2D eigenvalue weighted by atomic mass is 9.80. The van der Waals surface area contributed by atoms with Gasteiger partial charge < -0.3 is 10.5 Å². The molecular formula is C16H21N3O. The van der Waals surface area contributed by atoms with E-state index >= 15 is 0 Å². The molecule has 106 valence electrons. The first-order chi connectivity index (χ1) is 9.61. The van der Waals surface area contributed by atoms with Gasteiger partial charge in [-0.3, -0.25) is 4.68 Å². The van der Waals surface area contributed by atoms with Crippen LogP contribution in [0.15, 0.2) is 18.2 Å². The fourth-order valence-electron chi connectivity index (χ4n) is 2.82. The maximum absolute atomic E-state index is 6.27. The molecule has 1 heterocycles. The molecule has 0 unspecified atom stereocenters. The van der Waals surface area contributed by atoms with Crippen molar-refractivity contribution in [1.29, 1.82) is 0 Å². The van der Waals surface area contributed by atoms with Crippen molar-refractivity contribution in [3.8, 4) is 16.9 Å². The van der Waals surface area contributed by atoms with Crippen molar-refractivity contribution < 1.29 is 4.74 Å². The zero-order valence-corrected chi connectivity index (χ0v) is 12.3. The molecule has 0 radical (unpaired) electrons. The van der Waals surface area contributed by atoms with Gasteiger partial charge >= 0.3 is 0 Å². The number of rotatable bonds is 3. The molecule has 1 saturated carbocycles. The highest BCUT2D eigenvalue weighted by Gasteiger charge is 2.29. The van der Waals surface area contributed by atoms with Gasteiger partial charge in [-0.05, 0) is 31.9 Å². The normalized spacial score (nSPS) is 15.2. The Morgan fingerprint density at radius 3 is 2.70 bits per heavy atom. The van der Waals surface area contributed by atoms with Crippen LogP contribution in [0.5, 0.6) is 5.75 Å². The lowest BCUT2D eigenvalue weighted by molar-refractivity contribution is 0.407. The molecular weight excluding hydrogens is 250 g/mol. The van der Waals surface area contributed by atoms with Gasteiger partial charge in [-0.1, -0.05) is 18.1 Å². The van der Waals surface area contributed by atoms with E-state index in [0.717, 1.165) is 28.4 Å². The Kier molecular flexibility index (Phi) is 3.16. The van der Waals surface area contributed by atoms with Crippen LogP contribution in [-0.4, -0.2) is 16.9 Å². The van der Waals surface area contributed by atoms with Crippen LogP contribution in [0.25, 0.3) is 11.1 Å². The molecule has 1 aromatic heterocycles. The minimum absolute atomic E-state index is 0.540. The van der Waals surface area contributed by atoms with Gasteiger partial charge in [0.25, 0.3) is 0 Å². The monoisotopic (exact) mass is 271 g/mol. The van der Waals surface area contributed by atoms with Gasteiger partial charge in [-0.25, -0.2) is 0 Å². The summed E-state index contributed by atoms with van der Waals surface area (Å²) in [6.45, 7) is 2.08. The molecule has 2 aromatic rings. The first-order valence-corrected chi connectivity index (χ1v) is 7.09. The fraction of sp³-hybridized carbons (Fsp3) is 0.438. The number of nitrogens with two attached hydrogens (primary N) is 1. The van der Waals surface area contributed by atoms with Gasteiger partial charge in [0.1, 0.15) is 11.6 Å². The van der Waals surface area contributed by atoms with Gasteiger partial charge in [-0.2, -0.15) is 5.10 Å². The number of nitrogens with zero attached hydrogens (tertiary/aromatic N) is 2. The summed E-state index contributed by atoms with van der Waals surface area (Å²) in [5, 5.41) is 4.65. The Bertz CT molecular complexity index is 641. The highest BCUT2D eigenvalue weighted by Crippen LogP contribution is 2.45. The average Bonchev–Trinajstić information content (AvgIpc) is 2.63. The van der Waals surface area contributed by atoms with Crippen molar-refractivity contribution in [2.24, 2.45) is 7.05 Å². The molecule has 20 heavy (non-hydrogen) atoms. The quantitative estimate of drug-likeness (QED) is 0.932. The minimum Gasteiger partial charge on any atom is -0.496 e. The van der Waals surface area contributed by atoms with Crippen LogP contribution in [0, 0.1) is 6.92 Å². The lowest BCUT2D eigenvalue weighted by Crippen LogP contribution is -2.11. The molecule has 1 aromatic carbocycles. The van der Waals surface area contributed by atoms with Crippen LogP contribution in [0.1, 0.15) is 36.4 Å². The molecule has 1 aliphatic carbocycles. The van der Waals surface area contributed by atoms with Crippen molar-refractivity contribution in [2.45, 2.75) is 32.1 Å². The molecule has 1 fully saturated rings. The fourth-order valence-corrected chi connectivity index (χ4v) is 2.82. The molecule has 0 spiro atoms. The zero-order chi connectivity index (χ0) is 14.3. The molecule has 0 bridgehead atoms.